The Balaban J connectivity index is 0.00000112. The Morgan fingerprint density at radius 1 is 1.47 bits per heavy atom. The van der Waals surface area contributed by atoms with E-state index in [2.05, 4.69) is 10.6 Å². The van der Waals surface area contributed by atoms with Crippen molar-refractivity contribution in [1.82, 2.24) is 10.6 Å². The van der Waals surface area contributed by atoms with Crippen LogP contribution in [0.25, 0.3) is 0 Å². The summed E-state index contributed by atoms with van der Waals surface area (Å²) in [6.07, 6.45) is 2.31. The smallest absolute Gasteiger partial charge is 0.225 e. The highest BCUT2D eigenvalue weighted by Crippen LogP contribution is 2.22. The molecule has 0 bridgehead atoms. The molecule has 1 aliphatic heterocycles. The van der Waals surface area contributed by atoms with E-state index in [9.17, 15) is 4.79 Å². The highest BCUT2D eigenvalue weighted by atomic mass is 35.5. The summed E-state index contributed by atoms with van der Waals surface area (Å²) in [5.74, 6) is 0.661. The lowest BCUT2D eigenvalue weighted by Gasteiger charge is -2.16. The summed E-state index contributed by atoms with van der Waals surface area (Å²) in [7, 11) is 1.69. The number of halogens is 1. The Hall–Kier alpha value is -0.320. The maximum atomic E-state index is 11.8. The van der Waals surface area contributed by atoms with Crippen LogP contribution in [0.4, 0.5) is 0 Å². The number of nitrogens with one attached hydrogen (secondary N) is 2. The summed E-state index contributed by atoms with van der Waals surface area (Å²) in [6.45, 7) is 2.37. The minimum atomic E-state index is 0. The molecule has 0 aromatic heterocycles. The molecular formula is C10H19ClN2O2. The molecule has 0 aromatic rings. The molecule has 4 nitrogen and oxygen atoms in total. The van der Waals surface area contributed by atoms with Crippen LogP contribution in [0, 0.1) is 11.8 Å². The number of carbonyl (C=O) groups excluding carboxylic acids is 1. The predicted molar refractivity (Wildman–Crippen MR) is 60.1 cm³/mol. The van der Waals surface area contributed by atoms with Crippen molar-refractivity contribution in [2.45, 2.75) is 18.9 Å². The predicted octanol–water partition coefficient (Wildman–Crippen LogP) is 0.169. The van der Waals surface area contributed by atoms with E-state index in [1.807, 2.05) is 0 Å². The maximum Gasteiger partial charge on any atom is 0.225 e. The van der Waals surface area contributed by atoms with E-state index in [1.165, 1.54) is 0 Å². The largest absolute Gasteiger partial charge is 0.384 e. The summed E-state index contributed by atoms with van der Waals surface area (Å²) >= 11 is 0. The van der Waals surface area contributed by atoms with E-state index >= 15 is 0 Å². The van der Waals surface area contributed by atoms with Crippen LogP contribution in [0.1, 0.15) is 12.8 Å². The van der Waals surface area contributed by atoms with Gasteiger partial charge in [-0.2, -0.15) is 0 Å². The third kappa shape index (κ3) is 3.33. The van der Waals surface area contributed by atoms with Gasteiger partial charge in [0.25, 0.3) is 0 Å². The monoisotopic (exact) mass is 234 g/mol. The number of amides is 1. The first-order valence-corrected chi connectivity index (χ1v) is 5.31. The van der Waals surface area contributed by atoms with Gasteiger partial charge < -0.3 is 15.4 Å². The molecule has 0 aromatic carbocycles. The Bertz CT molecular complexity index is 221. The van der Waals surface area contributed by atoms with Crippen LogP contribution in [-0.2, 0) is 9.53 Å². The maximum absolute atomic E-state index is 11.8. The van der Waals surface area contributed by atoms with Crippen molar-refractivity contribution < 1.29 is 9.53 Å². The Kier molecular flexibility index (Phi) is 4.83. The van der Waals surface area contributed by atoms with Gasteiger partial charge in [-0.1, -0.05) is 0 Å². The fraction of sp³-hybridized carbons (Fsp3) is 0.900. The molecule has 5 heteroatoms. The second-order valence-electron chi connectivity index (χ2n) is 4.26. The molecule has 0 radical (unpaired) electrons. The van der Waals surface area contributed by atoms with E-state index in [0.29, 0.717) is 18.6 Å². The molecule has 1 saturated carbocycles. The Morgan fingerprint density at radius 2 is 2.20 bits per heavy atom. The number of ether oxygens (including phenoxy) is 1. The van der Waals surface area contributed by atoms with E-state index in [1.54, 1.807) is 7.11 Å². The number of methoxy groups -OCH3 is 1. The number of rotatable bonds is 4. The molecule has 2 aliphatic rings. The van der Waals surface area contributed by atoms with Crippen molar-refractivity contribution in [1.29, 1.82) is 0 Å². The molecular weight excluding hydrogens is 216 g/mol. The molecule has 1 amide bonds. The van der Waals surface area contributed by atoms with Gasteiger partial charge in [0.1, 0.15) is 0 Å². The zero-order valence-electron chi connectivity index (χ0n) is 8.99. The third-order valence-corrected chi connectivity index (χ3v) is 2.98. The van der Waals surface area contributed by atoms with Gasteiger partial charge in [-0.3, -0.25) is 4.79 Å². The number of carbonyl (C=O) groups is 1. The number of hydrogen-bond donors (Lipinski definition) is 2. The SMILES string of the molecule is COCC1CNCC1C(=O)NC1CC1.Cl. The van der Waals surface area contributed by atoms with E-state index < -0.39 is 0 Å². The van der Waals surface area contributed by atoms with E-state index in [0.717, 1.165) is 25.9 Å². The van der Waals surface area contributed by atoms with Gasteiger partial charge in [-0.15, -0.1) is 12.4 Å². The van der Waals surface area contributed by atoms with Crippen LogP contribution in [0.3, 0.4) is 0 Å². The van der Waals surface area contributed by atoms with Crippen LogP contribution in [0.2, 0.25) is 0 Å². The van der Waals surface area contributed by atoms with Crippen molar-refractivity contribution in [3.63, 3.8) is 0 Å². The van der Waals surface area contributed by atoms with Crippen LogP contribution in [0.15, 0.2) is 0 Å². The lowest BCUT2D eigenvalue weighted by Crippen LogP contribution is -2.37. The minimum Gasteiger partial charge on any atom is -0.384 e. The molecule has 2 N–H and O–H groups in total. The van der Waals surface area contributed by atoms with Gasteiger partial charge in [0.15, 0.2) is 0 Å². The average molecular weight is 235 g/mol. The quantitative estimate of drug-likeness (QED) is 0.729. The topological polar surface area (TPSA) is 50.4 Å². The van der Waals surface area contributed by atoms with Gasteiger partial charge >= 0.3 is 0 Å². The first-order chi connectivity index (χ1) is 6.81. The molecule has 2 rings (SSSR count). The fourth-order valence-electron chi connectivity index (χ4n) is 1.96. The molecule has 0 spiro atoms. The van der Waals surface area contributed by atoms with Gasteiger partial charge in [0.05, 0.1) is 12.5 Å². The summed E-state index contributed by atoms with van der Waals surface area (Å²) < 4.78 is 5.11. The van der Waals surface area contributed by atoms with Crippen molar-refractivity contribution in [2.24, 2.45) is 11.8 Å². The lowest BCUT2D eigenvalue weighted by molar-refractivity contribution is -0.126. The Morgan fingerprint density at radius 3 is 2.80 bits per heavy atom. The summed E-state index contributed by atoms with van der Waals surface area (Å²) in [5, 5.41) is 6.29. The van der Waals surface area contributed by atoms with Crippen molar-refractivity contribution >= 4 is 18.3 Å². The Labute approximate surface area is 96.5 Å². The second kappa shape index (κ2) is 5.68. The lowest BCUT2D eigenvalue weighted by atomic mass is 9.96. The molecule has 1 heterocycles. The first kappa shape index (κ1) is 12.7. The van der Waals surface area contributed by atoms with Crippen LogP contribution < -0.4 is 10.6 Å². The van der Waals surface area contributed by atoms with Gasteiger partial charge in [-0.25, -0.2) is 0 Å². The molecule has 2 fully saturated rings. The highest BCUT2D eigenvalue weighted by Gasteiger charge is 2.35. The zero-order valence-corrected chi connectivity index (χ0v) is 9.81. The van der Waals surface area contributed by atoms with Gasteiger partial charge in [0, 0.05) is 32.2 Å². The molecule has 1 saturated heterocycles. The molecule has 88 valence electrons. The van der Waals surface area contributed by atoms with Crippen LogP contribution >= 0.6 is 12.4 Å². The minimum absolute atomic E-state index is 0. The fourth-order valence-corrected chi connectivity index (χ4v) is 1.96. The standard InChI is InChI=1S/C10H18N2O2.ClH/c1-14-6-7-4-11-5-9(7)10(13)12-8-2-3-8;/h7-9,11H,2-6H2,1H3,(H,12,13);1H. The molecule has 15 heavy (non-hydrogen) atoms. The average Bonchev–Trinajstić information content (AvgIpc) is 2.83. The van der Waals surface area contributed by atoms with Crippen molar-refractivity contribution in [2.75, 3.05) is 26.8 Å². The van der Waals surface area contributed by atoms with Crippen molar-refractivity contribution in [3.8, 4) is 0 Å². The highest BCUT2D eigenvalue weighted by molar-refractivity contribution is 5.85. The summed E-state index contributed by atoms with van der Waals surface area (Å²) in [6, 6.07) is 0.464. The van der Waals surface area contributed by atoms with Crippen molar-refractivity contribution in [3.05, 3.63) is 0 Å². The normalized spacial score (nSPS) is 29.7. The van der Waals surface area contributed by atoms with Gasteiger partial charge in [-0.05, 0) is 12.8 Å². The number of hydrogen-bond acceptors (Lipinski definition) is 3. The van der Waals surface area contributed by atoms with E-state index in [4.69, 9.17) is 4.74 Å². The van der Waals surface area contributed by atoms with Crippen LogP contribution in [-0.4, -0.2) is 38.8 Å². The third-order valence-electron chi connectivity index (χ3n) is 2.98. The van der Waals surface area contributed by atoms with E-state index in [-0.39, 0.29) is 24.2 Å². The summed E-state index contributed by atoms with van der Waals surface area (Å²) in [5.41, 5.74) is 0. The van der Waals surface area contributed by atoms with Gasteiger partial charge in [0.2, 0.25) is 5.91 Å². The second-order valence-corrected chi connectivity index (χ2v) is 4.26. The first-order valence-electron chi connectivity index (χ1n) is 5.31. The molecule has 2 atom stereocenters. The van der Waals surface area contributed by atoms with Crippen LogP contribution in [0.5, 0.6) is 0 Å². The zero-order chi connectivity index (χ0) is 9.97. The molecule has 2 unspecified atom stereocenters. The molecule has 1 aliphatic carbocycles. The summed E-state index contributed by atoms with van der Waals surface area (Å²) in [4.78, 5) is 11.8.